The summed E-state index contributed by atoms with van der Waals surface area (Å²) in [5.41, 5.74) is -0.428. The zero-order chi connectivity index (χ0) is 15.5. The average Bonchev–Trinajstić information content (AvgIpc) is 2.46. The van der Waals surface area contributed by atoms with Gasteiger partial charge in [0.05, 0.1) is 7.11 Å². The standard InChI is InChI=1S/C13H13F3N4O/c1-17-12-19-10(13(14,15)16)7-11(20-12)18-8-3-5-9(21-2)6-4-8/h3-7H,1-2H3,(H2,17,18,19,20). The van der Waals surface area contributed by atoms with E-state index in [9.17, 15) is 13.2 Å². The summed E-state index contributed by atoms with van der Waals surface area (Å²) in [7, 11) is 2.98. The quantitative estimate of drug-likeness (QED) is 0.907. The molecular formula is C13H13F3N4O. The van der Waals surface area contributed by atoms with Crippen molar-refractivity contribution < 1.29 is 17.9 Å². The highest BCUT2D eigenvalue weighted by Crippen LogP contribution is 2.30. The zero-order valence-corrected chi connectivity index (χ0v) is 11.3. The Kier molecular flexibility index (Phi) is 4.15. The van der Waals surface area contributed by atoms with Crippen molar-refractivity contribution in [2.45, 2.75) is 6.18 Å². The summed E-state index contributed by atoms with van der Waals surface area (Å²) in [4.78, 5) is 7.32. The lowest BCUT2D eigenvalue weighted by Crippen LogP contribution is -2.12. The second-order valence-electron chi connectivity index (χ2n) is 4.06. The second kappa shape index (κ2) is 5.86. The molecule has 8 heteroatoms. The van der Waals surface area contributed by atoms with Gasteiger partial charge in [0.1, 0.15) is 11.6 Å². The SMILES string of the molecule is CNc1nc(Nc2ccc(OC)cc2)cc(C(F)(F)F)n1. The number of hydrogen-bond acceptors (Lipinski definition) is 5. The van der Waals surface area contributed by atoms with Crippen molar-refractivity contribution >= 4 is 17.5 Å². The van der Waals surface area contributed by atoms with Crippen molar-refractivity contribution in [3.8, 4) is 5.75 Å². The minimum Gasteiger partial charge on any atom is -0.497 e. The van der Waals surface area contributed by atoms with Crippen LogP contribution < -0.4 is 15.4 Å². The molecule has 0 saturated heterocycles. The Balaban J connectivity index is 2.29. The molecule has 0 amide bonds. The molecule has 0 atom stereocenters. The highest BCUT2D eigenvalue weighted by molar-refractivity contribution is 5.58. The average molecular weight is 298 g/mol. The topological polar surface area (TPSA) is 59.1 Å². The molecule has 1 aromatic carbocycles. The van der Waals surface area contributed by atoms with Crippen molar-refractivity contribution in [2.75, 3.05) is 24.8 Å². The number of methoxy groups -OCH3 is 1. The smallest absolute Gasteiger partial charge is 0.433 e. The van der Waals surface area contributed by atoms with Gasteiger partial charge in [0.15, 0.2) is 5.69 Å². The fourth-order valence-corrected chi connectivity index (χ4v) is 1.59. The van der Waals surface area contributed by atoms with Crippen LogP contribution in [0.4, 0.5) is 30.6 Å². The van der Waals surface area contributed by atoms with Crippen LogP contribution in [0, 0.1) is 0 Å². The third-order valence-corrected chi connectivity index (χ3v) is 2.60. The maximum absolute atomic E-state index is 12.8. The van der Waals surface area contributed by atoms with E-state index in [0.717, 1.165) is 6.07 Å². The summed E-state index contributed by atoms with van der Waals surface area (Å²) in [6, 6.07) is 7.58. The van der Waals surface area contributed by atoms with Crippen LogP contribution in [0.1, 0.15) is 5.69 Å². The fraction of sp³-hybridized carbons (Fsp3) is 0.231. The third kappa shape index (κ3) is 3.74. The first-order valence-corrected chi connectivity index (χ1v) is 5.97. The Bertz CT molecular complexity index is 614. The number of nitrogens with one attached hydrogen (secondary N) is 2. The molecule has 0 aliphatic heterocycles. The zero-order valence-electron chi connectivity index (χ0n) is 11.3. The third-order valence-electron chi connectivity index (χ3n) is 2.60. The largest absolute Gasteiger partial charge is 0.497 e. The van der Waals surface area contributed by atoms with E-state index in [1.165, 1.54) is 14.2 Å². The van der Waals surface area contributed by atoms with Gasteiger partial charge in [0.2, 0.25) is 5.95 Å². The molecule has 2 rings (SSSR count). The Labute approximate surface area is 119 Å². The first-order chi connectivity index (χ1) is 9.92. The van der Waals surface area contributed by atoms with Crippen LogP contribution in [0.3, 0.4) is 0 Å². The van der Waals surface area contributed by atoms with Gasteiger partial charge in [-0.05, 0) is 24.3 Å². The number of benzene rings is 1. The van der Waals surface area contributed by atoms with Gasteiger partial charge in [-0.15, -0.1) is 0 Å². The minimum atomic E-state index is -4.54. The molecule has 1 heterocycles. The first kappa shape index (κ1) is 14.9. The van der Waals surface area contributed by atoms with Gasteiger partial charge in [-0.25, -0.2) is 4.98 Å². The number of ether oxygens (including phenoxy) is 1. The van der Waals surface area contributed by atoms with Crippen molar-refractivity contribution in [3.63, 3.8) is 0 Å². The molecule has 0 fully saturated rings. The predicted molar refractivity (Wildman–Crippen MR) is 72.9 cm³/mol. The number of halogens is 3. The Hall–Kier alpha value is -2.51. The normalized spacial score (nSPS) is 11.1. The van der Waals surface area contributed by atoms with E-state index in [1.54, 1.807) is 24.3 Å². The minimum absolute atomic E-state index is 0.0480. The highest BCUT2D eigenvalue weighted by Gasteiger charge is 2.33. The van der Waals surface area contributed by atoms with E-state index >= 15 is 0 Å². The molecule has 2 N–H and O–H groups in total. The second-order valence-corrected chi connectivity index (χ2v) is 4.06. The molecule has 0 saturated carbocycles. The van der Waals surface area contributed by atoms with Crippen LogP contribution in [-0.2, 0) is 6.18 Å². The van der Waals surface area contributed by atoms with Gasteiger partial charge in [-0.1, -0.05) is 0 Å². The molecule has 0 aliphatic rings. The van der Waals surface area contributed by atoms with E-state index in [1.807, 2.05) is 0 Å². The van der Waals surface area contributed by atoms with Crippen LogP contribution in [0.2, 0.25) is 0 Å². The number of rotatable bonds is 4. The van der Waals surface area contributed by atoms with E-state index in [0.29, 0.717) is 11.4 Å². The number of hydrogen-bond donors (Lipinski definition) is 2. The van der Waals surface area contributed by atoms with Crippen molar-refractivity contribution in [1.29, 1.82) is 0 Å². The van der Waals surface area contributed by atoms with Crippen LogP contribution in [0.15, 0.2) is 30.3 Å². The van der Waals surface area contributed by atoms with E-state index in [2.05, 4.69) is 20.6 Å². The van der Waals surface area contributed by atoms with Crippen LogP contribution in [-0.4, -0.2) is 24.1 Å². The lowest BCUT2D eigenvalue weighted by molar-refractivity contribution is -0.141. The lowest BCUT2D eigenvalue weighted by Gasteiger charge is -2.11. The molecule has 5 nitrogen and oxygen atoms in total. The predicted octanol–water partition coefficient (Wildman–Crippen LogP) is 3.29. The first-order valence-electron chi connectivity index (χ1n) is 5.97. The molecule has 0 bridgehead atoms. The van der Waals surface area contributed by atoms with Crippen LogP contribution >= 0.6 is 0 Å². The highest BCUT2D eigenvalue weighted by atomic mass is 19.4. The van der Waals surface area contributed by atoms with Crippen LogP contribution in [0.25, 0.3) is 0 Å². The summed E-state index contributed by atoms with van der Waals surface area (Å²) in [6.45, 7) is 0. The number of nitrogens with zero attached hydrogens (tertiary/aromatic N) is 2. The van der Waals surface area contributed by atoms with Gasteiger partial charge in [-0.3, -0.25) is 0 Å². The molecule has 0 unspecified atom stereocenters. The maximum Gasteiger partial charge on any atom is 0.433 e. The number of aromatic nitrogens is 2. The number of alkyl halides is 3. The summed E-state index contributed by atoms with van der Waals surface area (Å²) in [5, 5.41) is 5.30. The molecule has 2 aromatic rings. The summed E-state index contributed by atoms with van der Waals surface area (Å²) in [6.07, 6.45) is -4.54. The van der Waals surface area contributed by atoms with Crippen LogP contribution in [0.5, 0.6) is 5.75 Å². The number of anilines is 3. The Morgan fingerprint density at radius 3 is 2.29 bits per heavy atom. The van der Waals surface area contributed by atoms with E-state index in [4.69, 9.17) is 4.74 Å². The Morgan fingerprint density at radius 1 is 1.10 bits per heavy atom. The van der Waals surface area contributed by atoms with Crippen molar-refractivity contribution in [2.24, 2.45) is 0 Å². The van der Waals surface area contributed by atoms with E-state index in [-0.39, 0.29) is 11.8 Å². The van der Waals surface area contributed by atoms with Gasteiger partial charge in [-0.2, -0.15) is 18.2 Å². The molecular weight excluding hydrogens is 285 g/mol. The molecule has 1 aromatic heterocycles. The molecule has 0 aliphatic carbocycles. The van der Waals surface area contributed by atoms with Gasteiger partial charge in [0.25, 0.3) is 0 Å². The lowest BCUT2D eigenvalue weighted by atomic mass is 10.3. The molecule has 0 spiro atoms. The van der Waals surface area contributed by atoms with Gasteiger partial charge < -0.3 is 15.4 Å². The Morgan fingerprint density at radius 2 is 1.76 bits per heavy atom. The molecule has 0 radical (unpaired) electrons. The monoisotopic (exact) mass is 298 g/mol. The summed E-state index contributed by atoms with van der Waals surface area (Å²) in [5.74, 6) is 0.586. The van der Waals surface area contributed by atoms with Crippen molar-refractivity contribution in [3.05, 3.63) is 36.0 Å². The fourth-order valence-electron chi connectivity index (χ4n) is 1.59. The summed E-state index contributed by atoms with van der Waals surface area (Å²) < 4.78 is 43.3. The van der Waals surface area contributed by atoms with Gasteiger partial charge >= 0.3 is 6.18 Å². The van der Waals surface area contributed by atoms with Crippen molar-refractivity contribution in [1.82, 2.24) is 9.97 Å². The van der Waals surface area contributed by atoms with Gasteiger partial charge in [0, 0.05) is 18.8 Å². The van der Waals surface area contributed by atoms with E-state index < -0.39 is 11.9 Å². The summed E-state index contributed by atoms with van der Waals surface area (Å²) >= 11 is 0. The molecule has 21 heavy (non-hydrogen) atoms. The maximum atomic E-state index is 12.8. The molecule has 112 valence electrons.